The standard InChI is InChI=1S/C9H18N2OS.ClH/c1-7(10)8(12)11-4-5-13-9(2,3)6-11;/h7H,4-6,10H2,1-3H3;1H/t7-;/m1./s1. The van der Waals surface area contributed by atoms with Gasteiger partial charge in [0.25, 0.3) is 0 Å². The number of amides is 1. The zero-order valence-electron chi connectivity index (χ0n) is 8.95. The predicted octanol–water partition coefficient (Wildman–Crippen LogP) is 1.11. The molecule has 1 atom stereocenters. The maximum Gasteiger partial charge on any atom is 0.239 e. The summed E-state index contributed by atoms with van der Waals surface area (Å²) in [6, 6.07) is -0.362. The van der Waals surface area contributed by atoms with Crippen LogP contribution >= 0.6 is 24.2 Å². The van der Waals surface area contributed by atoms with Gasteiger partial charge in [0.1, 0.15) is 0 Å². The fourth-order valence-electron chi connectivity index (χ4n) is 1.49. The van der Waals surface area contributed by atoms with Crippen molar-refractivity contribution in [3.05, 3.63) is 0 Å². The molecule has 1 aliphatic rings. The first kappa shape index (κ1) is 14.1. The Morgan fingerprint density at radius 1 is 1.57 bits per heavy atom. The van der Waals surface area contributed by atoms with E-state index in [-0.39, 0.29) is 29.1 Å². The van der Waals surface area contributed by atoms with E-state index in [1.54, 1.807) is 6.92 Å². The minimum Gasteiger partial charge on any atom is -0.339 e. The summed E-state index contributed by atoms with van der Waals surface area (Å²) in [7, 11) is 0. The molecule has 0 saturated carbocycles. The largest absolute Gasteiger partial charge is 0.339 e. The molecule has 14 heavy (non-hydrogen) atoms. The van der Waals surface area contributed by atoms with E-state index in [0.717, 1.165) is 18.8 Å². The molecule has 1 saturated heterocycles. The van der Waals surface area contributed by atoms with Crippen LogP contribution in [0.2, 0.25) is 0 Å². The molecular formula is C9H19ClN2OS. The summed E-state index contributed by atoms with van der Waals surface area (Å²) in [4.78, 5) is 13.5. The summed E-state index contributed by atoms with van der Waals surface area (Å²) in [5.74, 6) is 1.10. The second-order valence-corrected chi connectivity index (χ2v) is 5.96. The molecule has 0 radical (unpaired) electrons. The van der Waals surface area contributed by atoms with Gasteiger partial charge in [-0.25, -0.2) is 0 Å². The molecule has 84 valence electrons. The van der Waals surface area contributed by atoms with Gasteiger partial charge in [0, 0.05) is 23.6 Å². The SMILES string of the molecule is C[C@@H](N)C(=O)N1CCSC(C)(C)C1.Cl. The van der Waals surface area contributed by atoms with Gasteiger partial charge in [-0.15, -0.1) is 12.4 Å². The van der Waals surface area contributed by atoms with Gasteiger partial charge in [0.2, 0.25) is 5.91 Å². The number of carbonyl (C=O) groups excluding carboxylic acids is 1. The molecule has 0 aliphatic carbocycles. The van der Waals surface area contributed by atoms with Crippen molar-refractivity contribution in [1.29, 1.82) is 0 Å². The Bertz CT molecular complexity index is 209. The Labute approximate surface area is 96.2 Å². The van der Waals surface area contributed by atoms with Crippen LogP contribution in [0, 0.1) is 0 Å². The minimum atomic E-state index is -0.362. The lowest BCUT2D eigenvalue weighted by Gasteiger charge is -2.38. The van der Waals surface area contributed by atoms with Crippen LogP contribution in [0.5, 0.6) is 0 Å². The number of hydrogen-bond donors (Lipinski definition) is 1. The van der Waals surface area contributed by atoms with Crippen molar-refractivity contribution in [2.75, 3.05) is 18.8 Å². The zero-order chi connectivity index (χ0) is 10.1. The first-order valence-electron chi connectivity index (χ1n) is 4.61. The van der Waals surface area contributed by atoms with Gasteiger partial charge in [-0.3, -0.25) is 4.79 Å². The van der Waals surface area contributed by atoms with Crippen LogP contribution in [0.25, 0.3) is 0 Å². The van der Waals surface area contributed by atoms with E-state index in [9.17, 15) is 4.79 Å². The normalized spacial score (nSPS) is 22.4. The number of nitrogens with zero attached hydrogens (tertiary/aromatic N) is 1. The first-order chi connectivity index (χ1) is 5.92. The van der Waals surface area contributed by atoms with Crippen molar-refractivity contribution in [1.82, 2.24) is 4.90 Å². The molecule has 0 spiro atoms. The third-order valence-electron chi connectivity index (χ3n) is 2.13. The topological polar surface area (TPSA) is 46.3 Å². The predicted molar refractivity (Wildman–Crippen MR) is 64.0 cm³/mol. The van der Waals surface area contributed by atoms with E-state index in [0.29, 0.717) is 0 Å². The highest BCUT2D eigenvalue weighted by atomic mass is 35.5. The molecular weight excluding hydrogens is 220 g/mol. The van der Waals surface area contributed by atoms with Crippen LogP contribution in [-0.4, -0.2) is 40.4 Å². The number of hydrogen-bond acceptors (Lipinski definition) is 3. The molecule has 0 aromatic rings. The van der Waals surface area contributed by atoms with Gasteiger partial charge in [0.05, 0.1) is 6.04 Å². The van der Waals surface area contributed by atoms with Crippen LogP contribution in [0.3, 0.4) is 0 Å². The lowest BCUT2D eigenvalue weighted by atomic mass is 10.1. The maximum atomic E-state index is 11.6. The Morgan fingerprint density at radius 3 is 2.57 bits per heavy atom. The molecule has 1 rings (SSSR count). The van der Waals surface area contributed by atoms with Gasteiger partial charge in [-0.1, -0.05) is 0 Å². The van der Waals surface area contributed by atoms with Gasteiger partial charge in [-0.05, 0) is 20.8 Å². The highest BCUT2D eigenvalue weighted by Gasteiger charge is 2.30. The molecule has 1 heterocycles. The summed E-state index contributed by atoms with van der Waals surface area (Å²) in [6.45, 7) is 7.74. The first-order valence-corrected chi connectivity index (χ1v) is 5.59. The van der Waals surface area contributed by atoms with Crippen molar-refractivity contribution in [2.24, 2.45) is 5.73 Å². The molecule has 0 unspecified atom stereocenters. The van der Waals surface area contributed by atoms with E-state index in [1.807, 2.05) is 16.7 Å². The zero-order valence-corrected chi connectivity index (χ0v) is 10.6. The smallest absolute Gasteiger partial charge is 0.239 e. The molecule has 5 heteroatoms. The Hall–Kier alpha value is 0.0700. The van der Waals surface area contributed by atoms with Crippen molar-refractivity contribution in [2.45, 2.75) is 31.6 Å². The summed E-state index contributed by atoms with van der Waals surface area (Å²) >= 11 is 1.92. The summed E-state index contributed by atoms with van der Waals surface area (Å²) in [5.41, 5.74) is 5.56. The Morgan fingerprint density at radius 2 is 2.14 bits per heavy atom. The van der Waals surface area contributed by atoms with E-state index in [4.69, 9.17) is 5.73 Å². The molecule has 0 aromatic heterocycles. The monoisotopic (exact) mass is 238 g/mol. The quantitative estimate of drug-likeness (QED) is 0.745. The van der Waals surface area contributed by atoms with Gasteiger partial charge in [-0.2, -0.15) is 11.8 Å². The molecule has 1 fully saturated rings. The van der Waals surface area contributed by atoms with Crippen LogP contribution in [0.1, 0.15) is 20.8 Å². The van der Waals surface area contributed by atoms with Crippen molar-refractivity contribution in [3.63, 3.8) is 0 Å². The fraction of sp³-hybridized carbons (Fsp3) is 0.889. The van der Waals surface area contributed by atoms with Crippen molar-refractivity contribution in [3.8, 4) is 0 Å². The average Bonchev–Trinajstić information content (AvgIpc) is 2.01. The van der Waals surface area contributed by atoms with Crippen molar-refractivity contribution < 1.29 is 4.79 Å². The number of rotatable bonds is 1. The summed E-state index contributed by atoms with van der Waals surface area (Å²) in [5, 5.41) is 0. The molecule has 0 aromatic carbocycles. The average molecular weight is 239 g/mol. The van der Waals surface area contributed by atoms with Crippen LogP contribution in [0.4, 0.5) is 0 Å². The molecule has 2 N–H and O–H groups in total. The lowest BCUT2D eigenvalue weighted by Crippen LogP contribution is -2.50. The van der Waals surface area contributed by atoms with Crippen LogP contribution in [-0.2, 0) is 4.79 Å². The van der Waals surface area contributed by atoms with Gasteiger partial charge >= 0.3 is 0 Å². The van der Waals surface area contributed by atoms with E-state index < -0.39 is 0 Å². The fourth-order valence-corrected chi connectivity index (χ4v) is 2.60. The number of halogens is 1. The van der Waals surface area contributed by atoms with Crippen LogP contribution in [0.15, 0.2) is 0 Å². The minimum absolute atomic E-state index is 0. The highest BCUT2D eigenvalue weighted by molar-refractivity contribution is 8.00. The van der Waals surface area contributed by atoms with Gasteiger partial charge < -0.3 is 10.6 Å². The third kappa shape index (κ3) is 3.67. The molecule has 1 aliphatic heterocycles. The molecule has 1 amide bonds. The number of nitrogens with two attached hydrogens (primary N) is 1. The molecule has 0 bridgehead atoms. The maximum absolute atomic E-state index is 11.6. The Kier molecular flexibility index (Phi) is 5.26. The van der Waals surface area contributed by atoms with Crippen molar-refractivity contribution >= 4 is 30.1 Å². The lowest BCUT2D eigenvalue weighted by molar-refractivity contribution is -0.132. The summed E-state index contributed by atoms with van der Waals surface area (Å²) < 4.78 is 0.183. The second-order valence-electron chi connectivity index (χ2n) is 4.16. The van der Waals surface area contributed by atoms with E-state index >= 15 is 0 Å². The highest BCUT2D eigenvalue weighted by Crippen LogP contribution is 2.29. The van der Waals surface area contributed by atoms with Crippen LogP contribution < -0.4 is 5.73 Å². The summed E-state index contributed by atoms with van der Waals surface area (Å²) in [6.07, 6.45) is 0. The third-order valence-corrected chi connectivity index (χ3v) is 3.42. The van der Waals surface area contributed by atoms with E-state index in [1.165, 1.54) is 0 Å². The van der Waals surface area contributed by atoms with Gasteiger partial charge in [0.15, 0.2) is 0 Å². The second kappa shape index (κ2) is 5.24. The van der Waals surface area contributed by atoms with E-state index in [2.05, 4.69) is 13.8 Å². The number of carbonyl (C=O) groups is 1. The molecule has 3 nitrogen and oxygen atoms in total. The number of thioether (sulfide) groups is 1. The Balaban J connectivity index is 0.00000169.